The molecule has 80 valence electrons. The van der Waals surface area contributed by atoms with Crippen molar-refractivity contribution in [3.63, 3.8) is 0 Å². The summed E-state index contributed by atoms with van der Waals surface area (Å²) in [5.74, 6) is -0.460. The van der Waals surface area contributed by atoms with Gasteiger partial charge in [0, 0.05) is 11.6 Å². The molecule has 0 fully saturated rings. The molecule has 1 aromatic rings. The van der Waals surface area contributed by atoms with Gasteiger partial charge in [-0.25, -0.2) is 4.79 Å². The lowest BCUT2D eigenvalue weighted by Crippen LogP contribution is -2.38. The third-order valence-corrected chi connectivity index (χ3v) is 2.37. The van der Waals surface area contributed by atoms with Crippen molar-refractivity contribution in [1.29, 1.82) is 0 Å². The van der Waals surface area contributed by atoms with Gasteiger partial charge in [-0.05, 0) is 12.1 Å². The molecule has 1 aromatic carbocycles. The number of hydrogen-bond acceptors (Lipinski definition) is 5. The average Bonchev–Trinajstić information content (AvgIpc) is 2.56. The van der Waals surface area contributed by atoms with E-state index in [1.54, 1.807) is 0 Å². The summed E-state index contributed by atoms with van der Waals surface area (Å²) in [7, 11) is 1.19. The van der Waals surface area contributed by atoms with Gasteiger partial charge in [0.2, 0.25) is 5.60 Å². The maximum Gasteiger partial charge on any atom is 0.346 e. The summed E-state index contributed by atoms with van der Waals surface area (Å²) in [5.41, 5.74) is -1.45. The van der Waals surface area contributed by atoms with Crippen LogP contribution in [0.1, 0.15) is 5.56 Å². The minimum Gasteiger partial charge on any atom is -0.508 e. The fourth-order valence-electron chi connectivity index (χ4n) is 1.57. The number of hydrogen-bond donors (Lipinski definition) is 2. The Labute approximate surface area is 85.9 Å². The molecule has 2 rings (SSSR count). The lowest BCUT2D eigenvalue weighted by molar-refractivity contribution is -0.164. The number of aromatic hydroxyl groups is 1. The van der Waals surface area contributed by atoms with Crippen LogP contribution in [0.15, 0.2) is 18.2 Å². The monoisotopic (exact) mass is 210 g/mol. The predicted octanol–water partition coefficient (Wildman–Crippen LogP) is 0.145. The van der Waals surface area contributed by atoms with E-state index in [0.29, 0.717) is 11.3 Å². The molecule has 15 heavy (non-hydrogen) atoms. The van der Waals surface area contributed by atoms with Crippen molar-refractivity contribution in [2.75, 3.05) is 13.7 Å². The van der Waals surface area contributed by atoms with Crippen molar-refractivity contribution in [2.24, 2.45) is 0 Å². The zero-order valence-corrected chi connectivity index (χ0v) is 8.06. The molecule has 1 aliphatic rings. The van der Waals surface area contributed by atoms with Crippen molar-refractivity contribution >= 4 is 5.97 Å². The zero-order valence-electron chi connectivity index (χ0n) is 8.06. The van der Waals surface area contributed by atoms with Gasteiger partial charge in [0.1, 0.15) is 18.1 Å². The number of phenols is 1. The van der Waals surface area contributed by atoms with Crippen LogP contribution in [0, 0.1) is 0 Å². The number of rotatable bonds is 1. The van der Waals surface area contributed by atoms with Gasteiger partial charge in [-0.3, -0.25) is 0 Å². The van der Waals surface area contributed by atoms with Crippen molar-refractivity contribution in [3.05, 3.63) is 23.8 Å². The van der Waals surface area contributed by atoms with Crippen LogP contribution in [-0.2, 0) is 15.1 Å². The minimum absolute atomic E-state index is 0.0165. The molecule has 0 radical (unpaired) electrons. The van der Waals surface area contributed by atoms with Crippen LogP contribution in [0.2, 0.25) is 0 Å². The highest BCUT2D eigenvalue weighted by atomic mass is 16.6. The van der Waals surface area contributed by atoms with Crippen molar-refractivity contribution < 1.29 is 24.5 Å². The first-order valence-corrected chi connectivity index (χ1v) is 4.35. The number of fused-ring (bicyclic) bond motifs is 1. The molecule has 1 unspecified atom stereocenters. The number of ether oxygens (including phenoxy) is 2. The van der Waals surface area contributed by atoms with Gasteiger partial charge >= 0.3 is 5.97 Å². The highest BCUT2D eigenvalue weighted by Gasteiger charge is 2.47. The first-order valence-electron chi connectivity index (χ1n) is 4.35. The lowest BCUT2D eigenvalue weighted by atomic mass is 9.96. The largest absolute Gasteiger partial charge is 0.508 e. The van der Waals surface area contributed by atoms with E-state index in [4.69, 9.17) is 4.74 Å². The number of aliphatic hydroxyl groups is 1. The Hall–Kier alpha value is -1.75. The van der Waals surface area contributed by atoms with Crippen LogP contribution < -0.4 is 4.74 Å². The fourth-order valence-corrected chi connectivity index (χ4v) is 1.57. The van der Waals surface area contributed by atoms with Crippen LogP contribution in [0.5, 0.6) is 11.5 Å². The second-order valence-corrected chi connectivity index (χ2v) is 3.32. The molecule has 0 aromatic heterocycles. The molecule has 5 nitrogen and oxygen atoms in total. The highest BCUT2D eigenvalue weighted by Crippen LogP contribution is 2.39. The third kappa shape index (κ3) is 1.32. The molecular weight excluding hydrogens is 200 g/mol. The Morgan fingerprint density at radius 1 is 1.60 bits per heavy atom. The summed E-state index contributed by atoms with van der Waals surface area (Å²) in [6.45, 7) is -0.196. The Kier molecular flexibility index (Phi) is 2.04. The van der Waals surface area contributed by atoms with Gasteiger partial charge in [0.25, 0.3) is 0 Å². The summed E-state index contributed by atoms with van der Waals surface area (Å²) < 4.78 is 9.60. The number of carbonyl (C=O) groups is 1. The van der Waals surface area contributed by atoms with Gasteiger partial charge < -0.3 is 19.7 Å². The Morgan fingerprint density at radius 3 is 3.00 bits per heavy atom. The van der Waals surface area contributed by atoms with Gasteiger partial charge in [-0.15, -0.1) is 0 Å². The topological polar surface area (TPSA) is 76.0 Å². The molecule has 1 heterocycles. The van der Waals surface area contributed by atoms with E-state index in [-0.39, 0.29) is 12.4 Å². The molecule has 2 N–H and O–H groups in total. The first-order chi connectivity index (χ1) is 7.08. The van der Waals surface area contributed by atoms with Crippen LogP contribution in [0.25, 0.3) is 0 Å². The fraction of sp³-hybridized carbons (Fsp3) is 0.300. The molecule has 0 aliphatic carbocycles. The summed E-state index contributed by atoms with van der Waals surface area (Å²) in [6.07, 6.45) is 0. The number of carbonyl (C=O) groups excluding carboxylic acids is 1. The predicted molar refractivity (Wildman–Crippen MR) is 49.5 cm³/mol. The van der Waals surface area contributed by atoms with Crippen molar-refractivity contribution in [2.45, 2.75) is 5.60 Å². The minimum atomic E-state index is -1.77. The molecule has 5 heteroatoms. The molecular formula is C10H10O5. The summed E-state index contributed by atoms with van der Waals surface area (Å²) >= 11 is 0. The highest BCUT2D eigenvalue weighted by molar-refractivity contribution is 5.83. The number of methoxy groups -OCH3 is 1. The Morgan fingerprint density at radius 2 is 2.33 bits per heavy atom. The van der Waals surface area contributed by atoms with Gasteiger partial charge in [0.15, 0.2) is 0 Å². The van der Waals surface area contributed by atoms with Crippen LogP contribution in [0.3, 0.4) is 0 Å². The van der Waals surface area contributed by atoms with Gasteiger partial charge in [-0.2, -0.15) is 0 Å². The lowest BCUT2D eigenvalue weighted by Gasteiger charge is -2.17. The average molecular weight is 210 g/mol. The molecule has 0 amide bonds. The van der Waals surface area contributed by atoms with E-state index in [2.05, 4.69) is 4.74 Å². The van der Waals surface area contributed by atoms with Crippen LogP contribution in [-0.4, -0.2) is 29.9 Å². The maximum atomic E-state index is 11.4. The third-order valence-electron chi connectivity index (χ3n) is 2.37. The Bertz CT molecular complexity index is 414. The van der Waals surface area contributed by atoms with E-state index >= 15 is 0 Å². The smallest absolute Gasteiger partial charge is 0.346 e. The van der Waals surface area contributed by atoms with Gasteiger partial charge in [-0.1, -0.05) is 0 Å². The summed E-state index contributed by atoms with van der Waals surface area (Å²) in [6, 6.07) is 4.16. The molecule has 1 atom stereocenters. The standard InChI is InChI=1S/C10H10O5/c1-14-9(12)10(13)5-15-8-4-6(11)2-3-7(8)10/h2-4,11,13H,5H2,1H3. The number of phenolic OH excluding ortho intramolecular Hbond substituents is 1. The molecule has 1 aliphatic heterocycles. The van der Waals surface area contributed by atoms with E-state index in [1.807, 2.05) is 0 Å². The zero-order chi connectivity index (χ0) is 11.1. The summed E-state index contributed by atoms with van der Waals surface area (Å²) in [4.78, 5) is 11.4. The Balaban J connectivity index is 2.48. The van der Waals surface area contributed by atoms with E-state index in [0.717, 1.165) is 0 Å². The molecule has 0 bridgehead atoms. The number of benzene rings is 1. The van der Waals surface area contributed by atoms with Crippen molar-refractivity contribution in [3.8, 4) is 11.5 Å². The quantitative estimate of drug-likeness (QED) is 0.645. The maximum absolute atomic E-state index is 11.4. The molecule has 0 saturated carbocycles. The normalized spacial score (nSPS) is 23.1. The summed E-state index contributed by atoms with van der Waals surface area (Å²) in [5, 5.41) is 19.2. The number of esters is 1. The van der Waals surface area contributed by atoms with Crippen molar-refractivity contribution in [1.82, 2.24) is 0 Å². The van der Waals surface area contributed by atoms with Crippen LogP contribution >= 0.6 is 0 Å². The van der Waals surface area contributed by atoms with Gasteiger partial charge in [0.05, 0.1) is 7.11 Å². The van der Waals surface area contributed by atoms with E-state index in [1.165, 1.54) is 25.3 Å². The SMILES string of the molecule is COC(=O)C1(O)COc2cc(O)ccc21. The van der Waals surface area contributed by atoms with E-state index in [9.17, 15) is 15.0 Å². The molecule has 0 saturated heterocycles. The van der Waals surface area contributed by atoms with Crippen LogP contribution in [0.4, 0.5) is 0 Å². The van der Waals surface area contributed by atoms with E-state index < -0.39 is 11.6 Å². The second-order valence-electron chi connectivity index (χ2n) is 3.32. The first kappa shape index (κ1) is 9.79. The second kappa shape index (κ2) is 3.13. The molecule has 0 spiro atoms.